The summed E-state index contributed by atoms with van der Waals surface area (Å²) in [6, 6.07) is 7.03. The summed E-state index contributed by atoms with van der Waals surface area (Å²) in [5.74, 6) is -0.979. The number of hydrogen-bond acceptors (Lipinski definition) is 2. The highest BCUT2D eigenvalue weighted by Crippen LogP contribution is 2.34. The summed E-state index contributed by atoms with van der Waals surface area (Å²) in [5.41, 5.74) is -0.364. The van der Waals surface area contributed by atoms with E-state index in [1.807, 2.05) is 13.8 Å². The van der Waals surface area contributed by atoms with Gasteiger partial charge in [0.2, 0.25) is 0 Å². The van der Waals surface area contributed by atoms with E-state index in [2.05, 4.69) is 15.9 Å². The van der Waals surface area contributed by atoms with Gasteiger partial charge in [-0.15, -0.1) is 0 Å². The van der Waals surface area contributed by atoms with Crippen LogP contribution in [-0.2, 0) is 4.79 Å². The molecule has 1 aromatic carbocycles. The Hall–Kier alpha value is -1.16. The van der Waals surface area contributed by atoms with Crippen LogP contribution in [-0.4, -0.2) is 16.9 Å². The molecule has 19 heavy (non-hydrogen) atoms. The number of carbonyl (C=O) groups excluding carboxylic acids is 1. The van der Waals surface area contributed by atoms with Gasteiger partial charge in [0, 0.05) is 16.5 Å². The Kier molecular flexibility index (Phi) is 5.73. The molecule has 0 aliphatic heterocycles. The Morgan fingerprint density at radius 1 is 1.21 bits per heavy atom. The maximum Gasteiger partial charge on any atom is 0.310 e. The number of carboxylic acids is 1. The number of carbonyl (C=O) groups is 2. The number of halogens is 1. The van der Waals surface area contributed by atoms with Gasteiger partial charge < -0.3 is 5.11 Å². The van der Waals surface area contributed by atoms with Gasteiger partial charge in [0.15, 0.2) is 5.78 Å². The van der Waals surface area contributed by atoms with Crippen LogP contribution in [0.15, 0.2) is 28.7 Å². The molecular weight excluding hydrogens is 308 g/mol. The molecule has 0 aromatic heterocycles. The highest BCUT2D eigenvalue weighted by atomic mass is 79.9. The van der Waals surface area contributed by atoms with Crippen molar-refractivity contribution < 1.29 is 14.7 Å². The fraction of sp³-hybridized carbons (Fsp3) is 0.467. The van der Waals surface area contributed by atoms with Crippen LogP contribution in [0.4, 0.5) is 0 Å². The number of rotatable bonds is 7. The van der Waals surface area contributed by atoms with Gasteiger partial charge in [-0.1, -0.05) is 48.3 Å². The zero-order valence-electron chi connectivity index (χ0n) is 11.3. The standard InChI is InChI=1S/C15H19BrO3/c1-3-9-15(4-2,14(18)19)10-13(17)11-5-7-12(16)8-6-11/h5-8H,3-4,9-10H2,1-2H3,(H,18,19). The second kappa shape index (κ2) is 6.85. The molecule has 0 radical (unpaired) electrons. The second-order valence-corrected chi connectivity index (χ2v) is 5.71. The van der Waals surface area contributed by atoms with Crippen molar-refractivity contribution >= 4 is 27.7 Å². The molecule has 0 amide bonds. The normalized spacial score (nSPS) is 13.8. The smallest absolute Gasteiger partial charge is 0.310 e. The van der Waals surface area contributed by atoms with Gasteiger partial charge in [0.25, 0.3) is 0 Å². The molecule has 0 spiro atoms. The molecule has 1 atom stereocenters. The molecule has 4 heteroatoms. The Morgan fingerprint density at radius 2 is 1.79 bits per heavy atom. The number of ketones is 1. The minimum Gasteiger partial charge on any atom is -0.481 e. The van der Waals surface area contributed by atoms with Gasteiger partial charge in [0.05, 0.1) is 5.41 Å². The summed E-state index contributed by atoms with van der Waals surface area (Å²) in [6.07, 6.45) is 1.82. The first-order valence-corrected chi connectivity index (χ1v) is 7.26. The highest BCUT2D eigenvalue weighted by molar-refractivity contribution is 9.10. The van der Waals surface area contributed by atoms with E-state index in [1.165, 1.54) is 0 Å². The predicted molar refractivity (Wildman–Crippen MR) is 78.4 cm³/mol. The van der Waals surface area contributed by atoms with E-state index in [9.17, 15) is 14.7 Å². The van der Waals surface area contributed by atoms with Crippen molar-refractivity contribution in [3.63, 3.8) is 0 Å². The third-order valence-corrected chi connectivity index (χ3v) is 4.05. The Bertz CT molecular complexity index is 453. The minimum atomic E-state index is -0.932. The monoisotopic (exact) mass is 326 g/mol. The van der Waals surface area contributed by atoms with E-state index in [-0.39, 0.29) is 12.2 Å². The predicted octanol–water partition coefficient (Wildman–Crippen LogP) is 4.30. The molecule has 1 aromatic rings. The fourth-order valence-corrected chi connectivity index (χ4v) is 2.51. The average molecular weight is 327 g/mol. The van der Waals surface area contributed by atoms with Crippen LogP contribution in [0.25, 0.3) is 0 Å². The molecule has 0 bridgehead atoms. The van der Waals surface area contributed by atoms with Crippen molar-refractivity contribution in [1.82, 2.24) is 0 Å². The summed E-state index contributed by atoms with van der Waals surface area (Å²) in [5, 5.41) is 9.44. The zero-order valence-corrected chi connectivity index (χ0v) is 12.9. The molecule has 1 rings (SSSR count). The lowest BCUT2D eigenvalue weighted by Gasteiger charge is -2.27. The fourth-order valence-electron chi connectivity index (χ4n) is 2.25. The first kappa shape index (κ1) is 15.9. The number of benzene rings is 1. The van der Waals surface area contributed by atoms with Gasteiger partial charge in [-0.05, 0) is 25.0 Å². The topological polar surface area (TPSA) is 54.4 Å². The largest absolute Gasteiger partial charge is 0.481 e. The lowest BCUT2D eigenvalue weighted by atomic mass is 9.76. The Balaban J connectivity index is 2.93. The lowest BCUT2D eigenvalue weighted by molar-refractivity contribution is -0.149. The first-order valence-electron chi connectivity index (χ1n) is 6.47. The van der Waals surface area contributed by atoms with Crippen molar-refractivity contribution in [1.29, 1.82) is 0 Å². The zero-order chi connectivity index (χ0) is 14.5. The Morgan fingerprint density at radius 3 is 2.21 bits per heavy atom. The van der Waals surface area contributed by atoms with E-state index in [0.29, 0.717) is 18.4 Å². The molecule has 0 saturated carbocycles. The summed E-state index contributed by atoms with van der Waals surface area (Å²) < 4.78 is 0.901. The van der Waals surface area contributed by atoms with Gasteiger partial charge in [-0.2, -0.15) is 0 Å². The van der Waals surface area contributed by atoms with Crippen LogP contribution in [0.5, 0.6) is 0 Å². The minimum absolute atomic E-state index is 0.0638. The first-order chi connectivity index (χ1) is 8.95. The van der Waals surface area contributed by atoms with E-state index in [0.717, 1.165) is 10.9 Å². The number of aliphatic carboxylic acids is 1. The molecule has 104 valence electrons. The molecule has 0 aliphatic rings. The SMILES string of the molecule is CCCC(CC)(CC(=O)c1ccc(Br)cc1)C(=O)O. The molecule has 0 aliphatic carbocycles. The maximum atomic E-state index is 12.2. The van der Waals surface area contributed by atoms with E-state index in [1.54, 1.807) is 24.3 Å². The number of hydrogen-bond donors (Lipinski definition) is 1. The lowest BCUT2D eigenvalue weighted by Crippen LogP contribution is -2.33. The van der Waals surface area contributed by atoms with Crippen molar-refractivity contribution in [2.45, 2.75) is 39.5 Å². The van der Waals surface area contributed by atoms with Gasteiger partial charge in [-0.3, -0.25) is 9.59 Å². The van der Waals surface area contributed by atoms with E-state index < -0.39 is 11.4 Å². The van der Waals surface area contributed by atoms with Crippen LogP contribution in [0.2, 0.25) is 0 Å². The maximum absolute atomic E-state index is 12.2. The van der Waals surface area contributed by atoms with E-state index >= 15 is 0 Å². The number of Topliss-reactive ketones (excluding diaryl/α,β-unsaturated/α-hetero) is 1. The molecular formula is C15H19BrO3. The average Bonchev–Trinajstić information content (AvgIpc) is 2.38. The number of carboxylic acid groups (broad SMARTS) is 1. The quantitative estimate of drug-likeness (QED) is 0.760. The van der Waals surface area contributed by atoms with Crippen LogP contribution >= 0.6 is 15.9 Å². The third kappa shape index (κ3) is 3.90. The van der Waals surface area contributed by atoms with Crippen molar-refractivity contribution in [2.75, 3.05) is 0 Å². The van der Waals surface area contributed by atoms with Crippen LogP contribution < -0.4 is 0 Å². The highest BCUT2D eigenvalue weighted by Gasteiger charge is 2.38. The molecule has 0 heterocycles. The summed E-state index contributed by atoms with van der Waals surface area (Å²) in [7, 11) is 0. The van der Waals surface area contributed by atoms with E-state index in [4.69, 9.17) is 0 Å². The van der Waals surface area contributed by atoms with Crippen LogP contribution in [0.1, 0.15) is 49.9 Å². The molecule has 1 unspecified atom stereocenters. The second-order valence-electron chi connectivity index (χ2n) is 4.80. The molecule has 3 nitrogen and oxygen atoms in total. The molecule has 0 saturated heterocycles. The van der Waals surface area contributed by atoms with Crippen LogP contribution in [0.3, 0.4) is 0 Å². The van der Waals surface area contributed by atoms with Crippen LogP contribution in [0, 0.1) is 5.41 Å². The molecule has 1 N–H and O–H groups in total. The van der Waals surface area contributed by atoms with Crippen molar-refractivity contribution in [3.05, 3.63) is 34.3 Å². The van der Waals surface area contributed by atoms with Gasteiger partial charge in [-0.25, -0.2) is 0 Å². The third-order valence-electron chi connectivity index (χ3n) is 3.52. The van der Waals surface area contributed by atoms with Gasteiger partial charge in [0.1, 0.15) is 0 Å². The van der Waals surface area contributed by atoms with Gasteiger partial charge >= 0.3 is 5.97 Å². The molecule has 0 fully saturated rings. The summed E-state index contributed by atoms with van der Waals surface area (Å²) in [4.78, 5) is 23.7. The summed E-state index contributed by atoms with van der Waals surface area (Å²) >= 11 is 3.31. The summed E-state index contributed by atoms with van der Waals surface area (Å²) in [6.45, 7) is 3.77. The van der Waals surface area contributed by atoms with Crippen molar-refractivity contribution in [2.24, 2.45) is 5.41 Å². The van der Waals surface area contributed by atoms with Crippen molar-refractivity contribution in [3.8, 4) is 0 Å². The Labute approximate surface area is 122 Å².